The molecule has 2 aromatic rings. The summed E-state index contributed by atoms with van der Waals surface area (Å²) in [5, 5.41) is 6.57. The molecule has 1 N–H and O–H groups in total. The second-order valence-electron chi connectivity index (χ2n) is 7.32. The van der Waals surface area contributed by atoms with Gasteiger partial charge in [-0.05, 0) is 24.0 Å². The first-order chi connectivity index (χ1) is 12.5. The van der Waals surface area contributed by atoms with Gasteiger partial charge < -0.3 is 9.84 Å². The maximum atomic E-state index is 12.1. The van der Waals surface area contributed by atoms with Gasteiger partial charge in [-0.15, -0.1) is 0 Å². The second-order valence-corrected chi connectivity index (χ2v) is 7.32. The number of carbonyl (C=O) groups is 1. The van der Waals surface area contributed by atoms with E-state index in [1.54, 1.807) is 13.0 Å². The summed E-state index contributed by atoms with van der Waals surface area (Å²) in [5.41, 5.74) is 2.73. The van der Waals surface area contributed by atoms with Crippen molar-refractivity contribution in [1.29, 1.82) is 0 Å². The Bertz CT molecular complexity index is 716. The van der Waals surface area contributed by atoms with Crippen LogP contribution in [0, 0.1) is 6.92 Å². The Morgan fingerprint density at radius 3 is 2.38 bits per heavy atom. The van der Waals surface area contributed by atoms with Gasteiger partial charge in [0.2, 0.25) is 5.91 Å². The van der Waals surface area contributed by atoms with Crippen LogP contribution in [0.2, 0.25) is 0 Å². The summed E-state index contributed by atoms with van der Waals surface area (Å²) in [7, 11) is 0. The number of benzene rings is 1. The predicted octanol–water partition coefficient (Wildman–Crippen LogP) is 2.86. The van der Waals surface area contributed by atoms with Crippen LogP contribution < -0.4 is 5.32 Å². The Hall–Kier alpha value is -2.18. The lowest BCUT2D eigenvalue weighted by Gasteiger charge is -2.34. The van der Waals surface area contributed by atoms with Crippen LogP contribution in [0.3, 0.4) is 0 Å². The summed E-state index contributed by atoms with van der Waals surface area (Å²) in [4.78, 5) is 16.7. The van der Waals surface area contributed by atoms with Gasteiger partial charge in [0.1, 0.15) is 5.76 Å². The highest BCUT2D eigenvalue weighted by atomic mass is 16.5. The van der Waals surface area contributed by atoms with E-state index in [0.717, 1.165) is 32.7 Å². The molecule has 6 heteroatoms. The minimum Gasteiger partial charge on any atom is -0.360 e. The lowest BCUT2D eigenvalue weighted by Crippen LogP contribution is -2.48. The molecule has 1 saturated heterocycles. The van der Waals surface area contributed by atoms with Crippen LogP contribution in [-0.4, -0.2) is 53.6 Å². The average molecular weight is 356 g/mol. The van der Waals surface area contributed by atoms with E-state index in [9.17, 15) is 4.79 Å². The number of nitrogens with zero attached hydrogens (tertiary/aromatic N) is 3. The third kappa shape index (κ3) is 5.16. The van der Waals surface area contributed by atoms with E-state index in [-0.39, 0.29) is 5.91 Å². The molecule has 2 heterocycles. The molecule has 1 aliphatic rings. The molecule has 0 aliphatic carbocycles. The standard InChI is InChI=1S/C20H28N4O2/c1-15(2)18-6-4-17(5-7-18)13-23-8-10-24(11-9-23)14-20(25)21-19-12-16(3)26-22-19/h4-7,12,15H,8-11,13-14H2,1-3H3,(H,21,22,25). The highest BCUT2D eigenvalue weighted by Crippen LogP contribution is 2.16. The van der Waals surface area contributed by atoms with Gasteiger partial charge in [0, 0.05) is 38.8 Å². The Labute approximate surface area is 155 Å². The number of amides is 1. The Morgan fingerprint density at radius 2 is 1.81 bits per heavy atom. The monoisotopic (exact) mass is 356 g/mol. The topological polar surface area (TPSA) is 61.6 Å². The molecule has 26 heavy (non-hydrogen) atoms. The predicted molar refractivity (Wildman–Crippen MR) is 102 cm³/mol. The van der Waals surface area contributed by atoms with Crippen molar-refractivity contribution in [2.45, 2.75) is 33.2 Å². The van der Waals surface area contributed by atoms with Gasteiger partial charge in [-0.2, -0.15) is 0 Å². The number of hydrogen-bond donors (Lipinski definition) is 1. The minimum absolute atomic E-state index is 0.0453. The van der Waals surface area contributed by atoms with Crippen LogP contribution in [0.1, 0.15) is 36.7 Å². The lowest BCUT2D eigenvalue weighted by atomic mass is 10.0. The number of rotatable bonds is 6. The molecule has 0 bridgehead atoms. The molecule has 0 saturated carbocycles. The molecule has 1 aromatic carbocycles. The largest absolute Gasteiger partial charge is 0.360 e. The van der Waals surface area contributed by atoms with E-state index in [1.165, 1.54) is 11.1 Å². The number of hydrogen-bond acceptors (Lipinski definition) is 5. The van der Waals surface area contributed by atoms with Crippen LogP contribution >= 0.6 is 0 Å². The fraction of sp³-hybridized carbons (Fsp3) is 0.500. The summed E-state index contributed by atoms with van der Waals surface area (Å²) in [5.74, 6) is 1.70. The highest BCUT2D eigenvalue weighted by Gasteiger charge is 2.19. The normalized spacial score (nSPS) is 16.2. The van der Waals surface area contributed by atoms with E-state index in [0.29, 0.717) is 24.0 Å². The van der Waals surface area contributed by atoms with E-state index in [2.05, 4.69) is 58.4 Å². The van der Waals surface area contributed by atoms with Crippen LogP contribution in [0.15, 0.2) is 34.9 Å². The van der Waals surface area contributed by atoms with Crippen molar-refractivity contribution in [3.63, 3.8) is 0 Å². The summed E-state index contributed by atoms with van der Waals surface area (Å²) in [6.07, 6.45) is 0. The first-order valence-electron chi connectivity index (χ1n) is 9.26. The van der Waals surface area contributed by atoms with Crippen LogP contribution in [0.4, 0.5) is 5.82 Å². The highest BCUT2D eigenvalue weighted by molar-refractivity contribution is 5.91. The van der Waals surface area contributed by atoms with Gasteiger partial charge in [0.15, 0.2) is 5.82 Å². The Balaban J connectivity index is 1.41. The zero-order chi connectivity index (χ0) is 18.5. The number of aromatic nitrogens is 1. The second kappa shape index (κ2) is 8.47. The van der Waals surface area contributed by atoms with Gasteiger partial charge in [0.05, 0.1) is 6.54 Å². The molecule has 1 amide bonds. The minimum atomic E-state index is -0.0453. The van der Waals surface area contributed by atoms with Crippen molar-refractivity contribution in [3.05, 3.63) is 47.2 Å². The molecule has 0 radical (unpaired) electrons. The lowest BCUT2D eigenvalue weighted by molar-refractivity contribution is -0.117. The smallest absolute Gasteiger partial charge is 0.239 e. The molecular weight excluding hydrogens is 328 g/mol. The van der Waals surface area contributed by atoms with E-state index < -0.39 is 0 Å². The zero-order valence-electron chi connectivity index (χ0n) is 15.9. The van der Waals surface area contributed by atoms with Crippen molar-refractivity contribution < 1.29 is 9.32 Å². The number of anilines is 1. The number of nitrogens with one attached hydrogen (secondary N) is 1. The molecule has 1 aliphatic heterocycles. The van der Waals surface area contributed by atoms with Gasteiger partial charge in [0.25, 0.3) is 0 Å². The number of aryl methyl sites for hydroxylation is 1. The third-order valence-electron chi connectivity index (χ3n) is 4.78. The van der Waals surface area contributed by atoms with Gasteiger partial charge in [-0.25, -0.2) is 0 Å². The van der Waals surface area contributed by atoms with Crippen LogP contribution in [0.5, 0.6) is 0 Å². The molecule has 140 valence electrons. The third-order valence-corrected chi connectivity index (χ3v) is 4.78. The zero-order valence-corrected chi connectivity index (χ0v) is 15.9. The molecule has 0 atom stereocenters. The van der Waals surface area contributed by atoms with E-state index >= 15 is 0 Å². The number of piperazine rings is 1. The number of carbonyl (C=O) groups excluding carboxylic acids is 1. The fourth-order valence-electron chi connectivity index (χ4n) is 3.18. The maximum Gasteiger partial charge on any atom is 0.239 e. The molecular formula is C20H28N4O2. The molecule has 6 nitrogen and oxygen atoms in total. The van der Waals surface area contributed by atoms with Crippen molar-refractivity contribution in [1.82, 2.24) is 15.0 Å². The quantitative estimate of drug-likeness (QED) is 0.862. The Morgan fingerprint density at radius 1 is 1.15 bits per heavy atom. The molecule has 3 rings (SSSR count). The van der Waals surface area contributed by atoms with E-state index in [1.807, 2.05) is 0 Å². The summed E-state index contributed by atoms with van der Waals surface area (Å²) in [6.45, 7) is 11.3. The Kier molecular flexibility index (Phi) is 6.06. The van der Waals surface area contributed by atoms with Crippen LogP contribution in [0.25, 0.3) is 0 Å². The van der Waals surface area contributed by atoms with Crippen molar-refractivity contribution in [2.24, 2.45) is 0 Å². The summed E-state index contributed by atoms with van der Waals surface area (Å²) in [6, 6.07) is 10.6. The average Bonchev–Trinajstić information content (AvgIpc) is 3.02. The first kappa shape index (κ1) is 18.6. The SMILES string of the molecule is Cc1cc(NC(=O)CN2CCN(Cc3ccc(C(C)C)cc3)CC2)no1. The molecule has 0 unspecified atom stereocenters. The molecule has 1 aromatic heterocycles. The maximum absolute atomic E-state index is 12.1. The first-order valence-corrected chi connectivity index (χ1v) is 9.26. The summed E-state index contributed by atoms with van der Waals surface area (Å²) < 4.78 is 4.96. The van der Waals surface area contributed by atoms with Crippen molar-refractivity contribution in [2.75, 3.05) is 38.0 Å². The molecule has 0 spiro atoms. The van der Waals surface area contributed by atoms with Gasteiger partial charge >= 0.3 is 0 Å². The van der Waals surface area contributed by atoms with E-state index in [4.69, 9.17) is 4.52 Å². The van der Waals surface area contributed by atoms with Crippen LogP contribution in [-0.2, 0) is 11.3 Å². The van der Waals surface area contributed by atoms with Gasteiger partial charge in [-0.3, -0.25) is 14.6 Å². The van der Waals surface area contributed by atoms with Gasteiger partial charge in [-0.1, -0.05) is 43.3 Å². The molecule has 1 fully saturated rings. The van der Waals surface area contributed by atoms with Crippen molar-refractivity contribution in [3.8, 4) is 0 Å². The summed E-state index contributed by atoms with van der Waals surface area (Å²) >= 11 is 0. The fourth-order valence-corrected chi connectivity index (χ4v) is 3.18. The van der Waals surface area contributed by atoms with Crippen molar-refractivity contribution >= 4 is 11.7 Å².